The molecule has 1 aliphatic heterocycles. The van der Waals surface area contributed by atoms with E-state index < -0.39 is 0 Å². The summed E-state index contributed by atoms with van der Waals surface area (Å²) in [5.74, 6) is 3.27. The summed E-state index contributed by atoms with van der Waals surface area (Å²) < 4.78 is 0. The molecule has 1 aromatic heterocycles. The average molecular weight is 280 g/mol. The normalized spacial score (nSPS) is 15.5. The zero-order valence-electron chi connectivity index (χ0n) is 11.8. The fourth-order valence-electron chi connectivity index (χ4n) is 2.33. The van der Waals surface area contributed by atoms with E-state index in [1.807, 2.05) is 11.8 Å². The SMILES string of the molecule is CSCCCCNc1cc(N2CCCCC2)ncn1. The summed E-state index contributed by atoms with van der Waals surface area (Å²) in [6.45, 7) is 3.26. The van der Waals surface area contributed by atoms with E-state index in [1.54, 1.807) is 6.33 Å². The van der Waals surface area contributed by atoms with Gasteiger partial charge in [-0.3, -0.25) is 0 Å². The van der Waals surface area contributed by atoms with Crippen LogP contribution in [0, 0.1) is 0 Å². The molecule has 1 aromatic rings. The van der Waals surface area contributed by atoms with Crippen molar-refractivity contribution in [3.05, 3.63) is 12.4 Å². The summed E-state index contributed by atoms with van der Waals surface area (Å²) in [5.41, 5.74) is 0. The summed E-state index contributed by atoms with van der Waals surface area (Å²) in [7, 11) is 0. The molecule has 2 rings (SSSR count). The smallest absolute Gasteiger partial charge is 0.134 e. The van der Waals surface area contributed by atoms with Gasteiger partial charge < -0.3 is 10.2 Å². The fourth-order valence-corrected chi connectivity index (χ4v) is 2.82. The summed E-state index contributed by atoms with van der Waals surface area (Å²) in [6.07, 6.45) is 10.2. The van der Waals surface area contributed by atoms with Crippen molar-refractivity contribution in [3.63, 3.8) is 0 Å². The maximum Gasteiger partial charge on any atom is 0.134 e. The predicted molar refractivity (Wildman–Crippen MR) is 84.2 cm³/mol. The van der Waals surface area contributed by atoms with Crippen LogP contribution in [0.2, 0.25) is 0 Å². The van der Waals surface area contributed by atoms with Crippen molar-refractivity contribution in [3.8, 4) is 0 Å². The summed E-state index contributed by atoms with van der Waals surface area (Å²) >= 11 is 1.91. The van der Waals surface area contributed by atoms with Crippen LogP contribution in [0.15, 0.2) is 12.4 Å². The Bertz CT molecular complexity index is 366. The molecule has 0 unspecified atom stereocenters. The highest BCUT2D eigenvalue weighted by Gasteiger charge is 2.12. The first-order chi connectivity index (χ1) is 9.40. The number of unbranched alkanes of at least 4 members (excludes halogenated alkanes) is 1. The number of aromatic nitrogens is 2. The van der Waals surface area contributed by atoms with Gasteiger partial charge in [0.05, 0.1) is 0 Å². The summed E-state index contributed by atoms with van der Waals surface area (Å²) in [4.78, 5) is 11.1. The standard InChI is InChI=1S/C14H24N4S/c1-19-10-6-3-7-15-13-11-14(17-12-16-13)18-8-4-2-5-9-18/h11-12H,2-10H2,1H3,(H,15,16,17). The van der Waals surface area contributed by atoms with Gasteiger partial charge in [0.15, 0.2) is 0 Å². The van der Waals surface area contributed by atoms with E-state index in [2.05, 4.69) is 32.5 Å². The molecule has 0 saturated carbocycles. The third-order valence-corrected chi connectivity index (χ3v) is 4.11. The van der Waals surface area contributed by atoms with Crippen molar-refractivity contribution >= 4 is 23.4 Å². The van der Waals surface area contributed by atoms with Crippen LogP contribution in [-0.2, 0) is 0 Å². The van der Waals surface area contributed by atoms with Crippen LogP contribution in [0.4, 0.5) is 11.6 Å². The van der Waals surface area contributed by atoms with Gasteiger partial charge in [-0.15, -0.1) is 0 Å². The zero-order valence-corrected chi connectivity index (χ0v) is 12.6. The number of piperidine rings is 1. The van der Waals surface area contributed by atoms with Gasteiger partial charge in [-0.25, -0.2) is 9.97 Å². The second-order valence-corrected chi connectivity index (χ2v) is 5.92. The molecule has 0 aliphatic carbocycles. The van der Waals surface area contributed by atoms with E-state index in [0.717, 1.165) is 31.3 Å². The molecule has 2 heterocycles. The second kappa shape index (κ2) is 8.25. The third kappa shape index (κ3) is 4.90. The van der Waals surface area contributed by atoms with E-state index in [4.69, 9.17) is 0 Å². The highest BCUT2D eigenvalue weighted by atomic mass is 32.2. The van der Waals surface area contributed by atoms with Crippen molar-refractivity contribution in [1.29, 1.82) is 0 Å². The van der Waals surface area contributed by atoms with Gasteiger partial charge in [-0.1, -0.05) is 0 Å². The van der Waals surface area contributed by atoms with Gasteiger partial charge in [0.2, 0.25) is 0 Å². The van der Waals surface area contributed by atoms with E-state index >= 15 is 0 Å². The molecule has 1 aliphatic rings. The molecule has 0 atom stereocenters. The van der Waals surface area contributed by atoms with Crippen LogP contribution in [0.25, 0.3) is 0 Å². The van der Waals surface area contributed by atoms with Crippen LogP contribution < -0.4 is 10.2 Å². The third-order valence-electron chi connectivity index (χ3n) is 3.41. The fraction of sp³-hybridized carbons (Fsp3) is 0.714. The molecule has 1 N–H and O–H groups in total. The molecule has 5 heteroatoms. The Morgan fingerprint density at radius 2 is 2.05 bits per heavy atom. The molecule has 0 spiro atoms. The Morgan fingerprint density at radius 1 is 1.21 bits per heavy atom. The van der Waals surface area contributed by atoms with Gasteiger partial charge in [0, 0.05) is 25.7 Å². The molecule has 0 aromatic carbocycles. The van der Waals surface area contributed by atoms with Gasteiger partial charge in [0.1, 0.15) is 18.0 Å². The molecule has 1 fully saturated rings. The first-order valence-corrected chi connectivity index (χ1v) is 8.59. The number of nitrogens with one attached hydrogen (secondary N) is 1. The number of rotatable bonds is 7. The van der Waals surface area contributed by atoms with Crippen LogP contribution in [0.3, 0.4) is 0 Å². The number of thioether (sulfide) groups is 1. The van der Waals surface area contributed by atoms with Gasteiger partial charge >= 0.3 is 0 Å². The van der Waals surface area contributed by atoms with Gasteiger partial charge in [-0.05, 0) is 44.1 Å². The Balaban J connectivity index is 1.81. The van der Waals surface area contributed by atoms with Crippen molar-refractivity contribution < 1.29 is 0 Å². The number of anilines is 2. The quantitative estimate of drug-likeness (QED) is 0.778. The van der Waals surface area contributed by atoms with E-state index in [0.29, 0.717) is 0 Å². The minimum absolute atomic E-state index is 0.958. The van der Waals surface area contributed by atoms with Crippen molar-refractivity contribution in [2.24, 2.45) is 0 Å². The van der Waals surface area contributed by atoms with Crippen molar-refractivity contribution in [1.82, 2.24) is 9.97 Å². The number of hydrogen-bond acceptors (Lipinski definition) is 5. The Kier molecular flexibility index (Phi) is 6.27. The lowest BCUT2D eigenvalue weighted by atomic mass is 10.1. The average Bonchev–Trinajstić information content (AvgIpc) is 2.48. The zero-order chi connectivity index (χ0) is 13.3. The highest BCUT2D eigenvalue weighted by molar-refractivity contribution is 7.98. The van der Waals surface area contributed by atoms with Gasteiger partial charge in [0.25, 0.3) is 0 Å². The van der Waals surface area contributed by atoms with E-state index in [-0.39, 0.29) is 0 Å². The molecule has 0 bridgehead atoms. The predicted octanol–water partition coefficient (Wildman–Crippen LogP) is 3.02. The minimum Gasteiger partial charge on any atom is -0.370 e. The molecule has 0 amide bonds. The van der Waals surface area contributed by atoms with Crippen LogP contribution in [-0.4, -0.2) is 41.6 Å². The van der Waals surface area contributed by atoms with Crippen molar-refractivity contribution in [2.75, 3.05) is 41.9 Å². The Hall–Kier alpha value is -0.970. The number of nitrogens with zero attached hydrogens (tertiary/aromatic N) is 3. The number of hydrogen-bond donors (Lipinski definition) is 1. The summed E-state index contributed by atoms with van der Waals surface area (Å²) in [5, 5.41) is 3.40. The van der Waals surface area contributed by atoms with Crippen molar-refractivity contribution in [2.45, 2.75) is 32.1 Å². The molecule has 4 nitrogen and oxygen atoms in total. The maximum atomic E-state index is 4.39. The molecular weight excluding hydrogens is 256 g/mol. The maximum absolute atomic E-state index is 4.39. The first-order valence-electron chi connectivity index (χ1n) is 7.20. The Labute approximate surface area is 120 Å². The largest absolute Gasteiger partial charge is 0.370 e. The molecular formula is C14H24N4S. The van der Waals surface area contributed by atoms with E-state index in [1.165, 1.54) is 37.9 Å². The minimum atomic E-state index is 0.958. The Morgan fingerprint density at radius 3 is 2.84 bits per heavy atom. The van der Waals surface area contributed by atoms with Crippen LogP contribution in [0.5, 0.6) is 0 Å². The monoisotopic (exact) mass is 280 g/mol. The summed E-state index contributed by atoms with van der Waals surface area (Å²) in [6, 6.07) is 2.08. The van der Waals surface area contributed by atoms with Gasteiger partial charge in [-0.2, -0.15) is 11.8 Å². The first kappa shape index (κ1) is 14.4. The van der Waals surface area contributed by atoms with Crippen LogP contribution in [0.1, 0.15) is 32.1 Å². The topological polar surface area (TPSA) is 41.0 Å². The van der Waals surface area contributed by atoms with E-state index in [9.17, 15) is 0 Å². The molecule has 19 heavy (non-hydrogen) atoms. The highest BCUT2D eigenvalue weighted by Crippen LogP contribution is 2.19. The molecule has 0 radical (unpaired) electrons. The lowest BCUT2D eigenvalue weighted by Gasteiger charge is -2.27. The van der Waals surface area contributed by atoms with Crippen LogP contribution >= 0.6 is 11.8 Å². The molecule has 1 saturated heterocycles. The lowest BCUT2D eigenvalue weighted by molar-refractivity contribution is 0.573. The molecule has 106 valence electrons. The lowest BCUT2D eigenvalue weighted by Crippen LogP contribution is -2.30. The second-order valence-electron chi connectivity index (χ2n) is 4.94.